The summed E-state index contributed by atoms with van der Waals surface area (Å²) in [5, 5.41) is 1.31. The first-order valence-electron chi connectivity index (χ1n) is 4.58. The third-order valence-electron chi connectivity index (χ3n) is 2.34. The zero-order chi connectivity index (χ0) is 9.26. The molecule has 0 fully saturated rings. The van der Waals surface area contributed by atoms with Crippen molar-refractivity contribution in [3.05, 3.63) is 35.5 Å². The van der Waals surface area contributed by atoms with Gasteiger partial charge in [-0.05, 0) is 37.6 Å². The molecule has 1 aromatic carbocycles. The standard InChI is InChI=1S/C11H14N2.ClH/c1-8-2-3-11-10(6-8)9(4-5-12)7-13-11;/h2-3,6-7,13H,4-5,12H2,1H3;1H. The van der Waals surface area contributed by atoms with E-state index >= 15 is 0 Å². The third-order valence-corrected chi connectivity index (χ3v) is 2.34. The number of aryl methyl sites for hydroxylation is 1. The molecule has 1 aromatic heterocycles. The maximum absolute atomic E-state index is 5.53. The van der Waals surface area contributed by atoms with E-state index in [0.717, 1.165) is 6.42 Å². The molecule has 76 valence electrons. The predicted octanol–water partition coefficient (Wildman–Crippen LogP) is 2.40. The highest BCUT2D eigenvalue weighted by Crippen LogP contribution is 2.19. The number of H-pyrrole nitrogens is 1. The maximum atomic E-state index is 5.53. The van der Waals surface area contributed by atoms with E-state index in [9.17, 15) is 0 Å². The number of rotatable bonds is 2. The average Bonchev–Trinajstić information content (AvgIpc) is 2.49. The van der Waals surface area contributed by atoms with Gasteiger partial charge in [-0.3, -0.25) is 0 Å². The van der Waals surface area contributed by atoms with Gasteiger partial charge in [0.15, 0.2) is 0 Å². The maximum Gasteiger partial charge on any atom is 0.0456 e. The van der Waals surface area contributed by atoms with Gasteiger partial charge in [0.05, 0.1) is 0 Å². The van der Waals surface area contributed by atoms with Crippen LogP contribution >= 0.6 is 12.4 Å². The summed E-state index contributed by atoms with van der Waals surface area (Å²) in [5.41, 5.74) is 9.35. The van der Waals surface area contributed by atoms with Crippen LogP contribution in [0.4, 0.5) is 0 Å². The Balaban J connectivity index is 0.000000980. The molecule has 3 N–H and O–H groups in total. The molecule has 0 amide bonds. The zero-order valence-corrected chi connectivity index (χ0v) is 9.03. The van der Waals surface area contributed by atoms with Gasteiger partial charge in [-0.25, -0.2) is 0 Å². The highest BCUT2D eigenvalue weighted by molar-refractivity contribution is 5.85. The molecule has 0 spiro atoms. The van der Waals surface area contributed by atoms with Gasteiger partial charge in [-0.15, -0.1) is 12.4 Å². The number of fused-ring (bicyclic) bond motifs is 1. The number of halogens is 1. The second-order valence-corrected chi connectivity index (χ2v) is 3.40. The molecule has 0 aliphatic heterocycles. The molecule has 2 nitrogen and oxygen atoms in total. The number of hydrogen-bond acceptors (Lipinski definition) is 1. The van der Waals surface area contributed by atoms with E-state index in [1.54, 1.807) is 0 Å². The van der Waals surface area contributed by atoms with Gasteiger partial charge in [0, 0.05) is 17.1 Å². The molecule has 1 heterocycles. The topological polar surface area (TPSA) is 41.8 Å². The van der Waals surface area contributed by atoms with Crippen molar-refractivity contribution in [1.29, 1.82) is 0 Å². The van der Waals surface area contributed by atoms with E-state index in [2.05, 4.69) is 36.3 Å². The van der Waals surface area contributed by atoms with Crippen LogP contribution in [0.2, 0.25) is 0 Å². The second-order valence-electron chi connectivity index (χ2n) is 3.40. The summed E-state index contributed by atoms with van der Waals surface area (Å²) in [6.07, 6.45) is 3.00. The van der Waals surface area contributed by atoms with Gasteiger partial charge in [-0.1, -0.05) is 11.6 Å². The van der Waals surface area contributed by atoms with Crippen LogP contribution in [0.3, 0.4) is 0 Å². The minimum absolute atomic E-state index is 0. The lowest BCUT2D eigenvalue weighted by molar-refractivity contribution is 0.976. The fraction of sp³-hybridized carbons (Fsp3) is 0.273. The van der Waals surface area contributed by atoms with Crippen molar-refractivity contribution in [1.82, 2.24) is 4.98 Å². The van der Waals surface area contributed by atoms with E-state index in [0.29, 0.717) is 6.54 Å². The van der Waals surface area contributed by atoms with E-state index in [4.69, 9.17) is 5.73 Å². The van der Waals surface area contributed by atoms with Crippen molar-refractivity contribution >= 4 is 23.3 Å². The molecule has 2 rings (SSSR count). The molecule has 0 aliphatic carbocycles. The average molecular weight is 211 g/mol. The van der Waals surface area contributed by atoms with Crippen LogP contribution < -0.4 is 5.73 Å². The normalized spacial score (nSPS) is 10.1. The number of nitrogens with one attached hydrogen (secondary N) is 1. The summed E-state index contributed by atoms with van der Waals surface area (Å²) >= 11 is 0. The van der Waals surface area contributed by atoms with Gasteiger partial charge in [-0.2, -0.15) is 0 Å². The van der Waals surface area contributed by atoms with Crippen molar-refractivity contribution in [3.63, 3.8) is 0 Å². The Kier molecular flexibility index (Phi) is 3.55. The molecule has 0 atom stereocenters. The van der Waals surface area contributed by atoms with Crippen molar-refractivity contribution in [2.24, 2.45) is 5.73 Å². The second kappa shape index (κ2) is 4.49. The minimum atomic E-state index is 0. The molecule has 0 aliphatic rings. The van der Waals surface area contributed by atoms with Crippen LogP contribution in [-0.4, -0.2) is 11.5 Å². The predicted molar refractivity (Wildman–Crippen MR) is 63.0 cm³/mol. The zero-order valence-electron chi connectivity index (χ0n) is 8.21. The van der Waals surface area contributed by atoms with Gasteiger partial charge < -0.3 is 10.7 Å². The molecule has 0 bridgehead atoms. The van der Waals surface area contributed by atoms with Crippen LogP contribution in [0, 0.1) is 6.92 Å². The quantitative estimate of drug-likeness (QED) is 0.786. The first-order valence-corrected chi connectivity index (χ1v) is 4.58. The first-order chi connectivity index (χ1) is 6.31. The van der Waals surface area contributed by atoms with Gasteiger partial charge in [0.1, 0.15) is 0 Å². The monoisotopic (exact) mass is 210 g/mol. The summed E-state index contributed by atoms with van der Waals surface area (Å²) in [4.78, 5) is 3.24. The largest absolute Gasteiger partial charge is 0.361 e. The van der Waals surface area contributed by atoms with E-state index in [1.807, 2.05) is 0 Å². The molecular weight excluding hydrogens is 196 g/mol. The van der Waals surface area contributed by atoms with Crippen LogP contribution in [0.15, 0.2) is 24.4 Å². The number of benzene rings is 1. The Labute approximate surface area is 89.9 Å². The van der Waals surface area contributed by atoms with Crippen LogP contribution in [0.1, 0.15) is 11.1 Å². The number of aromatic nitrogens is 1. The molecule has 0 radical (unpaired) electrons. The van der Waals surface area contributed by atoms with Crippen LogP contribution in [0.5, 0.6) is 0 Å². The Morgan fingerprint density at radius 2 is 2.14 bits per heavy atom. The fourth-order valence-corrected chi connectivity index (χ4v) is 1.65. The van der Waals surface area contributed by atoms with E-state index < -0.39 is 0 Å². The van der Waals surface area contributed by atoms with Crippen molar-refractivity contribution < 1.29 is 0 Å². The van der Waals surface area contributed by atoms with Crippen molar-refractivity contribution in [2.45, 2.75) is 13.3 Å². The summed E-state index contributed by atoms with van der Waals surface area (Å²) in [5.74, 6) is 0. The molecule has 0 unspecified atom stereocenters. The first kappa shape index (κ1) is 11.1. The Morgan fingerprint density at radius 1 is 1.36 bits per heavy atom. The van der Waals surface area contributed by atoms with Crippen LogP contribution in [-0.2, 0) is 6.42 Å². The number of aromatic amines is 1. The lowest BCUT2D eigenvalue weighted by Gasteiger charge is -1.96. The Morgan fingerprint density at radius 3 is 2.86 bits per heavy atom. The molecule has 2 aromatic rings. The smallest absolute Gasteiger partial charge is 0.0456 e. The summed E-state index contributed by atoms with van der Waals surface area (Å²) in [6.45, 7) is 2.82. The van der Waals surface area contributed by atoms with Crippen molar-refractivity contribution in [2.75, 3.05) is 6.54 Å². The highest BCUT2D eigenvalue weighted by atomic mass is 35.5. The lowest BCUT2D eigenvalue weighted by Crippen LogP contribution is -2.01. The molecule has 0 saturated heterocycles. The molecule has 14 heavy (non-hydrogen) atoms. The van der Waals surface area contributed by atoms with E-state index in [1.165, 1.54) is 22.0 Å². The van der Waals surface area contributed by atoms with Crippen LogP contribution in [0.25, 0.3) is 10.9 Å². The number of hydrogen-bond donors (Lipinski definition) is 2. The molecule has 3 heteroatoms. The van der Waals surface area contributed by atoms with Gasteiger partial charge in [0.2, 0.25) is 0 Å². The van der Waals surface area contributed by atoms with Crippen molar-refractivity contribution in [3.8, 4) is 0 Å². The summed E-state index contributed by atoms with van der Waals surface area (Å²) in [7, 11) is 0. The lowest BCUT2D eigenvalue weighted by atomic mass is 10.1. The van der Waals surface area contributed by atoms with E-state index in [-0.39, 0.29) is 12.4 Å². The third kappa shape index (κ3) is 1.91. The Hall–Kier alpha value is -0.990. The minimum Gasteiger partial charge on any atom is -0.361 e. The van der Waals surface area contributed by atoms with Gasteiger partial charge >= 0.3 is 0 Å². The molecular formula is C11H15ClN2. The SMILES string of the molecule is Cc1ccc2[nH]cc(CCN)c2c1.Cl. The molecule has 0 saturated carbocycles. The Bertz CT molecular complexity index is 420. The highest BCUT2D eigenvalue weighted by Gasteiger charge is 2.01. The summed E-state index contributed by atoms with van der Waals surface area (Å²) < 4.78 is 0. The van der Waals surface area contributed by atoms with Gasteiger partial charge in [0.25, 0.3) is 0 Å². The summed E-state index contributed by atoms with van der Waals surface area (Å²) in [6, 6.07) is 6.44. The fourth-order valence-electron chi connectivity index (χ4n) is 1.65. The number of nitrogens with two attached hydrogens (primary N) is 1.